The van der Waals surface area contributed by atoms with Crippen molar-refractivity contribution in [3.63, 3.8) is 0 Å². The standard InChI is InChI=1S/C6H8NO4P.Na/c8-5-1-2-6(9)7(5)3-4-12(10)11;/h1-4H2;/q;+1. The van der Waals surface area contributed by atoms with Crippen LogP contribution >= 0.6 is 8.03 Å². The van der Waals surface area contributed by atoms with E-state index >= 15 is 0 Å². The van der Waals surface area contributed by atoms with Gasteiger partial charge in [0.15, 0.2) is 6.16 Å². The second kappa shape index (κ2) is 5.83. The average Bonchev–Trinajstić information content (AvgIpc) is 2.28. The Balaban J connectivity index is 0.00000144. The number of hydrogen-bond acceptors (Lipinski definition) is 4. The Morgan fingerprint density at radius 2 is 1.77 bits per heavy atom. The molecule has 0 aromatic heterocycles. The number of carbonyl (C=O) groups excluding carboxylic acids is 2. The van der Waals surface area contributed by atoms with E-state index in [1.807, 2.05) is 0 Å². The predicted molar refractivity (Wildman–Crippen MR) is 38.4 cm³/mol. The van der Waals surface area contributed by atoms with Crippen molar-refractivity contribution < 1.29 is 48.6 Å². The molecule has 0 aromatic carbocycles. The molecule has 1 unspecified atom stereocenters. The fourth-order valence-corrected chi connectivity index (χ4v) is 1.42. The summed E-state index contributed by atoms with van der Waals surface area (Å²) in [5.74, 6) is -0.534. The molecule has 1 aliphatic rings. The number of likely N-dealkylation sites (tertiary alicyclic amines) is 1. The summed E-state index contributed by atoms with van der Waals surface area (Å²) in [4.78, 5) is 33.0. The topological polar surface area (TPSA) is 77.5 Å². The van der Waals surface area contributed by atoms with Crippen LogP contribution in [0.1, 0.15) is 12.8 Å². The predicted octanol–water partition coefficient (Wildman–Crippen LogP) is -3.76. The summed E-state index contributed by atoms with van der Waals surface area (Å²) in [6.45, 7) is 0.0103. The van der Waals surface area contributed by atoms with Crippen LogP contribution in [-0.4, -0.2) is 29.4 Å². The maximum Gasteiger partial charge on any atom is 1.00 e. The van der Waals surface area contributed by atoms with Gasteiger partial charge < -0.3 is 4.89 Å². The van der Waals surface area contributed by atoms with E-state index in [2.05, 4.69) is 0 Å². The number of imide groups is 1. The molecule has 1 aliphatic heterocycles. The van der Waals surface area contributed by atoms with Gasteiger partial charge in [0.1, 0.15) is 0 Å². The smallest absolute Gasteiger partial charge is 0.596 e. The first-order valence-corrected chi connectivity index (χ1v) is 4.92. The van der Waals surface area contributed by atoms with Crippen molar-refractivity contribution in [3.05, 3.63) is 0 Å². The normalized spacial score (nSPS) is 17.3. The average molecular weight is 212 g/mol. The molecule has 0 aliphatic carbocycles. The molecule has 0 radical (unpaired) electrons. The Morgan fingerprint density at radius 3 is 2.15 bits per heavy atom. The van der Waals surface area contributed by atoms with Gasteiger partial charge in [-0.1, -0.05) is 4.57 Å². The van der Waals surface area contributed by atoms with Gasteiger partial charge in [0.25, 0.3) is 0 Å². The largest absolute Gasteiger partial charge is 1.00 e. The summed E-state index contributed by atoms with van der Waals surface area (Å²) < 4.78 is 10.2. The van der Waals surface area contributed by atoms with Gasteiger partial charge in [-0.05, 0) is 0 Å². The summed E-state index contributed by atoms with van der Waals surface area (Å²) in [5, 5.41) is 0. The monoisotopic (exact) mass is 212 g/mol. The molecule has 0 N–H and O–H groups in total. The zero-order valence-corrected chi connectivity index (χ0v) is 10.3. The van der Waals surface area contributed by atoms with Crippen molar-refractivity contribution in [3.8, 4) is 0 Å². The molecule has 13 heavy (non-hydrogen) atoms. The van der Waals surface area contributed by atoms with Gasteiger partial charge in [0.05, 0.1) is 6.54 Å². The van der Waals surface area contributed by atoms with Crippen molar-refractivity contribution in [2.45, 2.75) is 12.8 Å². The minimum Gasteiger partial charge on any atom is -0.596 e. The van der Waals surface area contributed by atoms with Crippen molar-refractivity contribution in [1.29, 1.82) is 0 Å². The fourth-order valence-electron chi connectivity index (χ4n) is 1.05. The van der Waals surface area contributed by atoms with E-state index in [4.69, 9.17) is 0 Å². The van der Waals surface area contributed by atoms with Crippen LogP contribution in [0, 0.1) is 0 Å². The number of rotatable bonds is 3. The molecule has 7 heteroatoms. The Labute approximate surface area is 98.6 Å². The van der Waals surface area contributed by atoms with Crippen LogP contribution in [0.5, 0.6) is 0 Å². The quantitative estimate of drug-likeness (QED) is 0.273. The van der Waals surface area contributed by atoms with Crippen LogP contribution in [0.4, 0.5) is 0 Å². The molecule has 0 saturated carbocycles. The first-order chi connectivity index (χ1) is 5.61. The van der Waals surface area contributed by atoms with Crippen molar-refractivity contribution in [1.82, 2.24) is 4.90 Å². The van der Waals surface area contributed by atoms with E-state index in [0.717, 1.165) is 4.90 Å². The molecule has 5 nitrogen and oxygen atoms in total. The van der Waals surface area contributed by atoms with Gasteiger partial charge in [-0.15, -0.1) is 0 Å². The van der Waals surface area contributed by atoms with Gasteiger partial charge in [-0.2, -0.15) is 0 Å². The minimum atomic E-state index is -2.50. The zero-order chi connectivity index (χ0) is 9.14. The summed E-state index contributed by atoms with van der Waals surface area (Å²) >= 11 is 0. The van der Waals surface area contributed by atoms with E-state index in [1.54, 1.807) is 0 Å². The number of nitrogens with zero attached hydrogens (tertiary/aromatic N) is 1. The zero-order valence-electron chi connectivity index (χ0n) is 7.36. The first kappa shape index (κ1) is 13.2. The molecular weight excluding hydrogens is 204 g/mol. The van der Waals surface area contributed by atoms with E-state index in [-0.39, 0.29) is 66.9 Å². The molecule has 1 rings (SSSR count). The van der Waals surface area contributed by atoms with Gasteiger partial charge in [-0.3, -0.25) is 14.5 Å². The van der Waals surface area contributed by atoms with Crippen LogP contribution < -0.4 is 34.5 Å². The van der Waals surface area contributed by atoms with Crippen LogP contribution in [0.2, 0.25) is 0 Å². The maximum atomic E-state index is 10.9. The summed E-state index contributed by atoms with van der Waals surface area (Å²) in [7, 11) is -2.50. The minimum absolute atomic E-state index is 0. The van der Waals surface area contributed by atoms with E-state index < -0.39 is 8.03 Å². The van der Waals surface area contributed by atoms with Gasteiger partial charge >= 0.3 is 37.6 Å². The molecule has 0 aromatic rings. The van der Waals surface area contributed by atoms with Crippen LogP contribution in [0.15, 0.2) is 0 Å². The van der Waals surface area contributed by atoms with Crippen molar-refractivity contribution in [2.24, 2.45) is 0 Å². The first-order valence-electron chi connectivity index (χ1n) is 3.56. The van der Waals surface area contributed by atoms with E-state index in [9.17, 15) is 19.0 Å². The molecule has 1 heterocycles. The maximum absolute atomic E-state index is 10.9. The van der Waals surface area contributed by atoms with Crippen LogP contribution in [-0.2, 0) is 14.2 Å². The fraction of sp³-hybridized carbons (Fsp3) is 0.667. The number of carbonyl (C=O) groups is 2. The van der Waals surface area contributed by atoms with Gasteiger partial charge in [0.2, 0.25) is 11.8 Å². The van der Waals surface area contributed by atoms with Crippen molar-refractivity contribution >= 4 is 19.8 Å². The summed E-state index contributed by atoms with van der Waals surface area (Å²) in [6, 6.07) is 0. The van der Waals surface area contributed by atoms with Gasteiger partial charge in [0, 0.05) is 12.8 Å². The summed E-state index contributed by atoms with van der Waals surface area (Å²) in [6.07, 6.45) is 0.301. The molecule has 2 amide bonds. The van der Waals surface area contributed by atoms with Crippen molar-refractivity contribution in [2.75, 3.05) is 12.7 Å². The number of amides is 2. The number of hydrogen-bond donors (Lipinski definition) is 0. The van der Waals surface area contributed by atoms with Gasteiger partial charge in [-0.25, -0.2) is 0 Å². The second-order valence-corrected chi connectivity index (χ2v) is 3.61. The molecule has 0 bridgehead atoms. The Kier molecular flexibility index (Phi) is 5.92. The molecule has 1 atom stereocenters. The van der Waals surface area contributed by atoms with E-state index in [0.29, 0.717) is 0 Å². The third-order valence-electron chi connectivity index (χ3n) is 1.66. The molecule has 66 valence electrons. The Hall–Kier alpha value is 0.200. The van der Waals surface area contributed by atoms with E-state index in [1.165, 1.54) is 0 Å². The third-order valence-corrected chi connectivity index (χ3v) is 2.23. The third kappa shape index (κ3) is 3.83. The molecule has 0 spiro atoms. The second-order valence-electron chi connectivity index (χ2n) is 2.50. The molecule has 1 saturated heterocycles. The van der Waals surface area contributed by atoms with Crippen LogP contribution in [0.25, 0.3) is 0 Å². The molecular formula is C6H8NNaO4P+. The Bertz CT molecular complexity index is 229. The molecule has 1 fully saturated rings. The Morgan fingerprint density at radius 1 is 1.31 bits per heavy atom. The SMILES string of the molecule is O=C1CCC(=O)N1CC[P+](=O)[O-].[Na+]. The summed E-state index contributed by atoms with van der Waals surface area (Å²) in [5.41, 5.74) is 0. The van der Waals surface area contributed by atoms with Crippen LogP contribution in [0.3, 0.4) is 0 Å².